The summed E-state index contributed by atoms with van der Waals surface area (Å²) in [5.41, 5.74) is 1.61. The molecule has 0 aliphatic rings. The van der Waals surface area contributed by atoms with E-state index in [9.17, 15) is 0 Å². The Balaban J connectivity index is 2.04. The van der Waals surface area contributed by atoms with Gasteiger partial charge in [-0.1, -0.05) is 6.07 Å². The molecule has 18 heavy (non-hydrogen) atoms. The molecule has 1 N–H and O–H groups in total. The van der Waals surface area contributed by atoms with Crippen molar-refractivity contribution in [3.05, 3.63) is 53.7 Å². The van der Waals surface area contributed by atoms with Gasteiger partial charge in [0.25, 0.3) is 0 Å². The van der Waals surface area contributed by atoms with E-state index in [1.807, 2.05) is 19.2 Å². The van der Waals surface area contributed by atoms with Crippen LogP contribution in [0.15, 0.2) is 42.6 Å². The Hall–Kier alpha value is -2.54. The maximum atomic E-state index is 8.70. The molecule has 2 rings (SSSR count). The van der Waals surface area contributed by atoms with Crippen molar-refractivity contribution in [1.82, 2.24) is 4.98 Å². The van der Waals surface area contributed by atoms with Crippen LogP contribution < -0.4 is 10.1 Å². The zero-order valence-electron chi connectivity index (χ0n) is 10.1. The van der Waals surface area contributed by atoms with E-state index >= 15 is 0 Å². The smallest absolute Gasteiger partial charge is 0.132 e. The predicted octanol–water partition coefficient (Wildman–Crippen LogP) is 2.57. The first-order valence-corrected chi connectivity index (χ1v) is 5.58. The summed E-state index contributed by atoms with van der Waals surface area (Å²) in [6.45, 7) is 0.440. The Kier molecular flexibility index (Phi) is 3.77. The zero-order valence-corrected chi connectivity index (χ0v) is 10.1. The van der Waals surface area contributed by atoms with Gasteiger partial charge in [0, 0.05) is 18.8 Å². The molecule has 1 heterocycles. The van der Waals surface area contributed by atoms with Gasteiger partial charge in [-0.05, 0) is 30.3 Å². The van der Waals surface area contributed by atoms with Crippen LogP contribution in [0.3, 0.4) is 0 Å². The van der Waals surface area contributed by atoms with Gasteiger partial charge in [0.05, 0.1) is 11.6 Å². The molecule has 0 spiro atoms. The standard InChI is InChI=1S/C14H13N3O/c1-16-14-12(3-2-8-17-14)10-18-13-6-4-11(9-15)5-7-13/h2-8H,10H2,1H3,(H,16,17). The van der Waals surface area contributed by atoms with Crippen LogP contribution in [-0.4, -0.2) is 12.0 Å². The minimum atomic E-state index is 0.440. The molecule has 0 saturated heterocycles. The van der Waals surface area contributed by atoms with Crippen molar-refractivity contribution in [2.24, 2.45) is 0 Å². The van der Waals surface area contributed by atoms with Gasteiger partial charge in [0.2, 0.25) is 0 Å². The highest BCUT2D eigenvalue weighted by molar-refractivity contribution is 5.43. The number of hydrogen-bond acceptors (Lipinski definition) is 4. The van der Waals surface area contributed by atoms with E-state index in [1.165, 1.54) is 0 Å². The number of nitriles is 1. The van der Waals surface area contributed by atoms with Crippen LogP contribution in [0.2, 0.25) is 0 Å². The molecule has 0 aliphatic heterocycles. The molecule has 1 aromatic heterocycles. The Morgan fingerprint density at radius 2 is 2.06 bits per heavy atom. The van der Waals surface area contributed by atoms with Gasteiger partial charge in [-0.3, -0.25) is 0 Å². The monoisotopic (exact) mass is 239 g/mol. The molecule has 0 radical (unpaired) electrons. The molecule has 0 saturated carbocycles. The number of hydrogen-bond donors (Lipinski definition) is 1. The fourth-order valence-electron chi connectivity index (χ4n) is 1.57. The molecule has 2 aromatic rings. The lowest BCUT2D eigenvalue weighted by Crippen LogP contribution is -2.02. The highest BCUT2D eigenvalue weighted by Gasteiger charge is 2.02. The first kappa shape index (κ1) is 11.9. The third-order valence-electron chi connectivity index (χ3n) is 2.51. The van der Waals surface area contributed by atoms with Crippen LogP contribution in [0.4, 0.5) is 5.82 Å². The minimum Gasteiger partial charge on any atom is -0.489 e. The number of benzene rings is 1. The predicted molar refractivity (Wildman–Crippen MR) is 69.3 cm³/mol. The quantitative estimate of drug-likeness (QED) is 0.890. The lowest BCUT2D eigenvalue weighted by molar-refractivity contribution is 0.306. The van der Waals surface area contributed by atoms with Crippen molar-refractivity contribution in [2.75, 3.05) is 12.4 Å². The van der Waals surface area contributed by atoms with E-state index in [0.717, 1.165) is 17.1 Å². The maximum absolute atomic E-state index is 8.70. The van der Waals surface area contributed by atoms with E-state index in [0.29, 0.717) is 12.2 Å². The third kappa shape index (κ3) is 2.77. The van der Waals surface area contributed by atoms with E-state index in [1.54, 1.807) is 30.5 Å². The molecule has 0 atom stereocenters. The molecule has 4 heteroatoms. The number of ether oxygens (including phenoxy) is 1. The highest BCUT2D eigenvalue weighted by atomic mass is 16.5. The second-order valence-corrected chi connectivity index (χ2v) is 3.69. The molecular weight excluding hydrogens is 226 g/mol. The number of nitrogens with one attached hydrogen (secondary N) is 1. The SMILES string of the molecule is CNc1ncccc1COc1ccc(C#N)cc1. The average molecular weight is 239 g/mol. The van der Waals surface area contributed by atoms with Crippen LogP contribution in [0, 0.1) is 11.3 Å². The fraction of sp³-hybridized carbons (Fsp3) is 0.143. The number of aromatic nitrogens is 1. The van der Waals surface area contributed by atoms with E-state index in [-0.39, 0.29) is 0 Å². The molecule has 0 unspecified atom stereocenters. The molecule has 1 aromatic carbocycles. The molecule has 0 amide bonds. The highest BCUT2D eigenvalue weighted by Crippen LogP contribution is 2.16. The van der Waals surface area contributed by atoms with Crippen molar-refractivity contribution in [1.29, 1.82) is 5.26 Å². The van der Waals surface area contributed by atoms with E-state index in [2.05, 4.69) is 16.4 Å². The van der Waals surface area contributed by atoms with Crippen molar-refractivity contribution in [2.45, 2.75) is 6.61 Å². The second-order valence-electron chi connectivity index (χ2n) is 3.69. The zero-order chi connectivity index (χ0) is 12.8. The summed E-state index contributed by atoms with van der Waals surface area (Å²) >= 11 is 0. The summed E-state index contributed by atoms with van der Waals surface area (Å²) in [6.07, 6.45) is 1.73. The molecule has 0 bridgehead atoms. The summed E-state index contributed by atoms with van der Waals surface area (Å²) in [7, 11) is 1.83. The Morgan fingerprint density at radius 3 is 2.72 bits per heavy atom. The molecule has 4 nitrogen and oxygen atoms in total. The largest absolute Gasteiger partial charge is 0.489 e. The first-order valence-electron chi connectivity index (χ1n) is 5.58. The average Bonchev–Trinajstić information content (AvgIpc) is 2.46. The van der Waals surface area contributed by atoms with Gasteiger partial charge in [-0.25, -0.2) is 4.98 Å². The van der Waals surface area contributed by atoms with Crippen LogP contribution in [-0.2, 0) is 6.61 Å². The number of pyridine rings is 1. The summed E-state index contributed by atoms with van der Waals surface area (Å²) in [5, 5.41) is 11.7. The van der Waals surface area contributed by atoms with Crippen LogP contribution in [0.25, 0.3) is 0 Å². The number of anilines is 1. The molecule has 0 aliphatic carbocycles. The normalized spacial score (nSPS) is 9.56. The van der Waals surface area contributed by atoms with Crippen LogP contribution in [0.5, 0.6) is 5.75 Å². The summed E-state index contributed by atoms with van der Waals surface area (Å²) < 4.78 is 5.64. The van der Waals surface area contributed by atoms with Crippen LogP contribution >= 0.6 is 0 Å². The molecule has 0 fully saturated rings. The topological polar surface area (TPSA) is 57.9 Å². The van der Waals surface area contributed by atoms with Gasteiger partial charge in [-0.2, -0.15) is 5.26 Å². The van der Waals surface area contributed by atoms with Gasteiger partial charge in [0.1, 0.15) is 18.2 Å². The Morgan fingerprint density at radius 1 is 1.28 bits per heavy atom. The van der Waals surface area contributed by atoms with Gasteiger partial charge in [-0.15, -0.1) is 0 Å². The van der Waals surface area contributed by atoms with Gasteiger partial charge < -0.3 is 10.1 Å². The number of nitrogens with zero attached hydrogens (tertiary/aromatic N) is 2. The fourth-order valence-corrected chi connectivity index (χ4v) is 1.57. The lowest BCUT2D eigenvalue weighted by atomic mass is 10.2. The lowest BCUT2D eigenvalue weighted by Gasteiger charge is -2.09. The van der Waals surface area contributed by atoms with Crippen molar-refractivity contribution >= 4 is 5.82 Å². The third-order valence-corrected chi connectivity index (χ3v) is 2.51. The first-order chi connectivity index (χ1) is 8.83. The summed E-state index contributed by atoms with van der Waals surface area (Å²) in [5.74, 6) is 1.55. The van der Waals surface area contributed by atoms with Crippen molar-refractivity contribution < 1.29 is 4.74 Å². The van der Waals surface area contributed by atoms with E-state index in [4.69, 9.17) is 10.00 Å². The maximum Gasteiger partial charge on any atom is 0.132 e. The van der Waals surface area contributed by atoms with Crippen molar-refractivity contribution in [3.8, 4) is 11.8 Å². The van der Waals surface area contributed by atoms with E-state index < -0.39 is 0 Å². The van der Waals surface area contributed by atoms with Crippen LogP contribution in [0.1, 0.15) is 11.1 Å². The second kappa shape index (κ2) is 5.69. The summed E-state index contributed by atoms with van der Waals surface area (Å²) in [4.78, 5) is 4.20. The number of rotatable bonds is 4. The summed E-state index contributed by atoms with van der Waals surface area (Å²) in [6, 6.07) is 12.9. The Bertz CT molecular complexity index is 558. The van der Waals surface area contributed by atoms with Crippen molar-refractivity contribution in [3.63, 3.8) is 0 Å². The molecular formula is C14H13N3O. The Labute approximate surface area is 106 Å². The van der Waals surface area contributed by atoms with Gasteiger partial charge in [0.15, 0.2) is 0 Å². The van der Waals surface area contributed by atoms with Gasteiger partial charge >= 0.3 is 0 Å². The minimum absolute atomic E-state index is 0.440. The molecule has 90 valence electrons.